The Morgan fingerprint density at radius 1 is 1.22 bits per heavy atom. The Kier molecular flexibility index (Phi) is 5.87. The summed E-state index contributed by atoms with van der Waals surface area (Å²) in [6, 6.07) is 11.9. The van der Waals surface area contributed by atoms with Crippen molar-refractivity contribution in [3.05, 3.63) is 63.3 Å². The number of rotatable bonds is 7. The number of hydrogen-bond acceptors (Lipinski definition) is 3. The minimum absolute atomic E-state index is 0.354. The van der Waals surface area contributed by atoms with Crippen LogP contribution in [0.15, 0.2) is 40.9 Å². The second kappa shape index (κ2) is 8.15. The highest BCUT2D eigenvalue weighted by molar-refractivity contribution is 9.10. The normalized spacial score (nSPS) is 11.1. The summed E-state index contributed by atoms with van der Waals surface area (Å²) in [6.07, 6.45) is 0. The van der Waals surface area contributed by atoms with E-state index < -0.39 is 5.97 Å². The van der Waals surface area contributed by atoms with Gasteiger partial charge in [-0.05, 0) is 43.7 Å². The van der Waals surface area contributed by atoms with Crippen molar-refractivity contribution in [2.45, 2.75) is 33.5 Å². The first-order chi connectivity index (χ1) is 13.0. The van der Waals surface area contributed by atoms with Gasteiger partial charge in [-0.15, -0.1) is 0 Å². The molecule has 0 bridgehead atoms. The Morgan fingerprint density at radius 3 is 2.67 bits per heavy atom. The van der Waals surface area contributed by atoms with Gasteiger partial charge < -0.3 is 19.7 Å². The van der Waals surface area contributed by atoms with E-state index in [-0.39, 0.29) is 0 Å². The fourth-order valence-corrected chi connectivity index (χ4v) is 3.90. The number of carboxylic acid groups (broad SMARTS) is 1. The van der Waals surface area contributed by atoms with E-state index in [4.69, 9.17) is 4.74 Å². The summed E-state index contributed by atoms with van der Waals surface area (Å²) in [7, 11) is 1.65. The summed E-state index contributed by atoms with van der Waals surface area (Å²) < 4.78 is 8.26. The van der Waals surface area contributed by atoms with Crippen molar-refractivity contribution in [3.63, 3.8) is 0 Å². The van der Waals surface area contributed by atoms with Crippen LogP contribution in [0.3, 0.4) is 0 Å². The van der Waals surface area contributed by atoms with Crippen LogP contribution in [-0.2, 0) is 19.6 Å². The molecular formula is C21H23BrN2O3. The second-order valence-corrected chi connectivity index (χ2v) is 7.37. The number of aromatic carboxylic acids is 1. The second-order valence-electron chi connectivity index (χ2n) is 6.46. The summed E-state index contributed by atoms with van der Waals surface area (Å²) in [4.78, 5) is 12.0. The summed E-state index contributed by atoms with van der Waals surface area (Å²) >= 11 is 3.48. The van der Waals surface area contributed by atoms with Gasteiger partial charge in [-0.2, -0.15) is 0 Å². The lowest BCUT2D eigenvalue weighted by Gasteiger charge is -2.11. The third-order valence-corrected chi connectivity index (χ3v) is 5.20. The molecule has 0 unspecified atom stereocenters. The maximum atomic E-state index is 12.0. The first kappa shape index (κ1) is 19.5. The molecule has 142 valence electrons. The average molecular weight is 431 g/mol. The number of fused-ring (bicyclic) bond motifs is 1. The van der Waals surface area contributed by atoms with Crippen LogP contribution in [-0.4, -0.2) is 22.8 Å². The van der Waals surface area contributed by atoms with Crippen molar-refractivity contribution in [2.75, 3.05) is 7.11 Å². The smallest absolute Gasteiger partial charge is 0.352 e. The van der Waals surface area contributed by atoms with Crippen LogP contribution >= 0.6 is 15.9 Å². The highest BCUT2D eigenvalue weighted by Crippen LogP contribution is 2.28. The highest BCUT2D eigenvalue weighted by Gasteiger charge is 2.21. The van der Waals surface area contributed by atoms with Crippen LogP contribution in [0.4, 0.5) is 0 Å². The number of hydrogen-bond donors (Lipinski definition) is 2. The zero-order valence-electron chi connectivity index (χ0n) is 15.7. The van der Waals surface area contributed by atoms with Crippen LogP contribution < -0.4 is 10.1 Å². The number of halogens is 1. The van der Waals surface area contributed by atoms with Gasteiger partial charge in [0.15, 0.2) is 0 Å². The molecule has 0 atom stereocenters. The number of aryl methyl sites for hydroxylation is 2. The molecule has 0 radical (unpaired) electrons. The summed E-state index contributed by atoms with van der Waals surface area (Å²) in [5, 5.41) is 14.2. The van der Waals surface area contributed by atoms with Crippen LogP contribution in [0.25, 0.3) is 10.9 Å². The van der Waals surface area contributed by atoms with Gasteiger partial charge in [-0.25, -0.2) is 4.79 Å². The SMILES string of the molecule is CCn1c(C(=O)O)c(CNCc2cc(Br)ccc2OC)c2ccc(C)cc21. The van der Waals surface area contributed by atoms with E-state index in [1.807, 2.05) is 54.8 Å². The van der Waals surface area contributed by atoms with Gasteiger partial charge in [0.1, 0.15) is 11.4 Å². The Balaban J connectivity index is 1.94. The molecule has 2 N–H and O–H groups in total. The van der Waals surface area contributed by atoms with Gasteiger partial charge in [0, 0.05) is 46.1 Å². The van der Waals surface area contributed by atoms with Gasteiger partial charge in [0.25, 0.3) is 0 Å². The molecule has 27 heavy (non-hydrogen) atoms. The molecule has 0 amide bonds. The lowest BCUT2D eigenvalue weighted by atomic mass is 10.1. The third-order valence-electron chi connectivity index (χ3n) is 4.70. The van der Waals surface area contributed by atoms with Crippen molar-refractivity contribution in [1.29, 1.82) is 0 Å². The molecule has 0 fully saturated rings. The minimum atomic E-state index is -0.900. The molecule has 0 aliphatic rings. The fourth-order valence-electron chi connectivity index (χ4n) is 3.49. The number of carbonyl (C=O) groups is 1. The molecule has 0 aliphatic carbocycles. The van der Waals surface area contributed by atoms with Crippen molar-refractivity contribution >= 4 is 32.8 Å². The number of methoxy groups -OCH3 is 1. The molecule has 0 saturated carbocycles. The Labute approximate surface area is 167 Å². The molecule has 5 nitrogen and oxygen atoms in total. The predicted molar refractivity (Wildman–Crippen MR) is 111 cm³/mol. The molecule has 2 aromatic carbocycles. The molecule has 1 aromatic heterocycles. The monoisotopic (exact) mass is 430 g/mol. The molecular weight excluding hydrogens is 408 g/mol. The molecule has 0 saturated heterocycles. The Bertz CT molecular complexity index is 995. The van der Waals surface area contributed by atoms with Crippen LogP contribution in [0.1, 0.15) is 34.1 Å². The van der Waals surface area contributed by atoms with Crippen LogP contribution in [0, 0.1) is 6.92 Å². The van der Waals surface area contributed by atoms with Crippen LogP contribution in [0.2, 0.25) is 0 Å². The van der Waals surface area contributed by atoms with Crippen molar-refractivity contribution in [2.24, 2.45) is 0 Å². The van der Waals surface area contributed by atoms with Gasteiger partial charge in [0.2, 0.25) is 0 Å². The quantitative estimate of drug-likeness (QED) is 0.568. The van der Waals surface area contributed by atoms with Crippen molar-refractivity contribution in [1.82, 2.24) is 9.88 Å². The molecule has 1 heterocycles. The van der Waals surface area contributed by atoms with E-state index in [2.05, 4.69) is 21.2 Å². The average Bonchev–Trinajstić information content (AvgIpc) is 2.95. The Hall–Kier alpha value is -2.31. The Morgan fingerprint density at radius 2 is 2.00 bits per heavy atom. The van der Waals surface area contributed by atoms with E-state index in [1.54, 1.807) is 7.11 Å². The van der Waals surface area contributed by atoms with Gasteiger partial charge in [-0.3, -0.25) is 0 Å². The zero-order chi connectivity index (χ0) is 19.6. The summed E-state index contributed by atoms with van der Waals surface area (Å²) in [6.45, 7) is 5.64. The molecule has 3 rings (SSSR count). The predicted octanol–water partition coefficient (Wildman–Crippen LogP) is 4.73. The molecule has 3 aromatic rings. The lowest BCUT2D eigenvalue weighted by molar-refractivity contribution is 0.0684. The number of benzene rings is 2. The van der Waals surface area contributed by atoms with E-state index in [9.17, 15) is 9.90 Å². The van der Waals surface area contributed by atoms with Gasteiger partial charge >= 0.3 is 5.97 Å². The first-order valence-corrected chi connectivity index (χ1v) is 9.63. The van der Waals surface area contributed by atoms with Crippen molar-refractivity contribution in [3.8, 4) is 5.75 Å². The van der Waals surface area contributed by atoms with Crippen molar-refractivity contribution < 1.29 is 14.6 Å². The standard InChI is InChI=1S/C21H23BrN2O3/c1-4-24-18-9-13(2)5-7-16(18)17(20(24)21(25)26)12-23-11-14-10-15(22)6-8-19(14)27-3/h5-10,23H,4,11-12H2,1-3H3,(H,25,26). The summed E-state index contributed by atoms with van der Waals surface area (Å²) in [5.74, 6) is -0.0988. The summed E-state index contributed by atoms with van der Waals surface area (Å²) in [5.41, 5.74) is 4.26. The maximum absolute atomic E-state index is 12.0. The minimum Gasteiger partial charge on any atom is -0.496 e. The largest absolute Gasteiger partial charge is 0.496 e. The lowest BCUT2D eigenvalue weighted by Crippen LogP contribution is -2.17. The van der Waals surface area contributed by atoms with E-state index in [0.29, 0.717) is 25.3 Å². The number of aromatic nitrogens is 1. The molecule has 6 heteroatoms. The first-order valence-electron chi connectivity index (χ1n) is 8.84. The number of nitrogens with zero attached hydrogens (tertiary/aromatic N) is 1. The van der Waals surface area contributed by atoms with Gasteiger partial charge in [0.05, 0.1) is 7.11 Å². The van der Waals surface area contributed by atoms with Gasteiger partial charge in [-0.1, -0.05) is 28.1 Å². The maximum Gasteiger partial charge on any atom is 0.352 e. The molecule has 0 spiro atoms. The van der Waals surface area contributed by atoms with E-state index in [0.717, 1.165) is 37.8 Å². The van der Waals surface area contributed by atoms with Crippen LogP contribution in [0.5, 0.6) is 5.75 Å². The van der Waals surface area contributed by atoms with E-state index >= 15 is 0 Å². The third kappa shape index (κ3) is 3.87. The van der Waals surface area contributed by atoms with E-state index in [1.165, 1.54) is 0 Å². The number of nitrogens with one attached hydrogen (secondary N) is 1. The fraction of sp³-hybridized carbons (Fsp3) is 0.286. The number of carboxylic acids is 1. The number of ether oxygens (including phenoxy) is 1. The molecule has 0 aliphatic heterocycles. The zero-order valence-corrected chi connectivity index (χ0v) is 17.3. The highest BCUT2D eigenvalue weighted by atomic mass is 79.9. The topological polar surface area (TPSA) is 63.5 Å².